The molecular weight excluding hydrogens is 274 g/mol. The lowest BCUT2D eigenvalue weighted by molar-refractivity contribution is 0.572. The predicted octanol–water partition coefficient (Wildman–Crippen LogP) is 1.82. The van der Waals surface area contributed by atoms with Crippen molar-refractivity contribution in [3.63, 3.8) is 0 Å². The van der Waals surface area contributed by atoms with Crippen LogP contribution in [0, 0.1) is 13.8 Å². The molecule has 116 valence electrons. The van der Waals surface area contributed by atoms with Crippen molar-refractivity contribution in [1.82, 2.24) is 15.1 Å². The van der Waals surface area contributed by atoms with Gasteiger partial charge in [-0.15, -0.1) is 0 Å². The highest BCUT2D eigenvalue weighted by molar-refractivity contribution is 7.91. The standard InChI is InChI=1S/C14H27N3O2S/c1-6-8-20(18,19)9-7-17-13(5)14(12(4)16-17)10-15-11(2)3/h11,15H,6-10H2,1-5H3. The van der Waals surface area contributed by atoms with E-state index in [1.807, 2.05) is 25.5 Å². The lowest BCUT2D eigenvalue weighted by Crippen LogP contribution is -2.22. The first-order valence-electron chi connectivity index (χ1n) is 7.23. The van der Waals surface area contributed by atoms with Crippen molar-refractivity contribution in [3.05, 3.63) is 17.0 Å². The summed E-state index contributed by atoms with van der Waals surface area (Å²) in [4.78, 5) is 0. The van der Waals surface area contributed by atoms with E-state index >= 15 is 0 Å². The number of aryl methyl sites for hydroxylation is 2. The van der Waals surface area contributed by atoms with Gasteiger partial charge in [0.1, 0.15) is 0 Å². The predicted molar refractivity (Wildman–Crippen MR) is 82.6 cm³/mol. The number of nitrogens with one attached hydrogen (secondary N) is 1. The Morgan fingerprint density at radius 2 is 1.90 bits per heavy atom. The molecule has 1 aromatic heterocycles. The molecule has 1 aromatic rings. The van der Waals surface area contributed by atoms with Crippen molar-refractivity contribution < 1.29 is 8.42 Å². The van der Waals surface area contributed by atoms with Crippen LogP contribution in [0.1, 0.15) is 44.1 Å². The zero-order valence-corrected chi connectivity index (χ0v) is 14.0. The molecule has 0 saturated heterocycles. The lowest BCUT2D eigenvalue weighted by Gasteiger charge is -2.09. The number of sulfone groups is 1. The second-order valence-corrected chi connectivity index (χ2v) is 7.86. The molecule has 6 heteroatoms. The Balaban J connectivity index is 2.75. The van der Waals surface area contributed by atoms with Crippen molar-refractivity contribution >= 4 is 9.84 Å². The smallest absolute Gasteiger partial charge is 0.152 e. The second kappa shape index (κ2) is 7.22. The van der Waals surface area contributed by atoms with Gasteiger partial charge in [-0.1, -0.05) is 20.8 Å². The number of aromatic nitrogens is 2. The average molecular weight is 301 g/mol. The third kappa shape index (κ3) is 4.90. The molecule has 1 heterocycles. The van der Waals surface area contributed by atoms with Crippen LogP contribution in [0.2, 0.25) is 0 Å². The zero-order chi connectivity index (χ0) is 15.3. The van der Waals surface area contributed by atoms with Gasteiger partial charge in [-0.05, 0) is 20.3 Å². The van der Waals surface area contributed by atoms with Crippen molar-refractivity contribution in [2.45, 2.75) is 60.2 Å². The van der Waals surface area contributed by atoms with Crippen LogP contribution >= 0.6 is 0 Å². The van der Waals surface area contributed by atoms with Crippen LogP contribution in [0.4, 0.5) is 0 Å². The Hall–Kier alpha value is -0.880. The van der Waals surface area contributed by atoms with Gasteiger partial charge in [-0.3, -0.25) is 4.68 Å². The third-order valence-corrected chi connectivity index (χ3v) is 5.18. The Kier molecular flexibility index (Phi) is 6.20. The number of hydrogen-bond acceptors (Lipinski definition) is 4. The van der Waals surface area contributed by atoms with E-state index in [-0.39, 0.29) is 11.5 Å². The van der Waals surface area contributed by atoms with Crippen molar-refractivity contribution in [2.75, 3.05) is 11.5 Å². The molecule has 5 nitrogen and oxygen atoms in total. The fraction of sp³-hybridized carbons (Fsp3) is 0.786. The summed E-state index contributed by atoms with van der Waals surface area (Å²) in [5.41, 5.74) is 3.21. The fourth-order valence-electron chi connectivity index (χ4n) is 2.15. The number of nitrogens with zero attached hydrogens (tertiary/aromatic N) is 2. The first-order valence-corrected chi connectivity index (χ1v) is 9.05. The highest BCUT2D eigenvalue weighted by atomic mass is 32.2. The monoisotopic (exact) mass is 301 g/mol. The Labute approximate surface area is 122 Å². The van der Waals surface area contributed by atoms with E-state index < -0.39 is 9.84 Å². The van der Waals surface area contributed by atoms with Gasteiger partial charge < -0.3 is 5.32 Å². The molecule has 0 saturated carbocycles. The van der Waals surface area contributed by atoms with Crippen LogP contribution < -0.4 is 5.32 Å². The molecule has 0 unspecified atom stereocenters. The Morgan fingerprint density at radius 3 is 2.45 bits per heavy atom. The maximum absolute atomic E-state index is 11.8. The number of rotatable bonds is 8. The van der Waals surface area contributed by atoms with E-state index in [0.717, 1.165) is 17.9 Å². The topological polar surface area (TPSA) is 64.0 Å². The second-order valence-electron chi connectivity index (χ2n) is 5.56. The Bertz CT molecular complexity index is 533. The maximum atomic E-state index is 11.8. The summed E-state index contributed by atoms with van der Waals surface area (Å²) < 4.78 is 25.4. The SMILES string of the molecule is CCCS(=O)(=O)CCn1nc(C)c(CNC(C)C)c1C. The molecule has 0 fully saturated rings. The molecule has 0 radical (unpaired) electrons. The molecule has 0 amide bonds. The molecule has 0 bridgehead atoms. The number of hydrogen-bond donors (Lipinski definition) is 1. The normalized spacial score (nSPS) is 12.3. The molecule has 0 aromatic carbocycles. The maximum Gasteiger partial charge on any atom is 0.152 e. The molecule has 0 aliphatic heterocycles. The van der Waals surface area contributed by atoms with Gasteiger partial charge in [-0.25, -0.2) is 8.42 Å². The summed E-state index contributed by atoms with van der Waals surface area (Å²) in [7, 11) is -2.95. The van der Waals surface area contributed by atoms with Gasteiger partial charge >= 0.3 is 0 Å². The highest BCUT2D eigenvalue weighted by Crippen LogP contribution is 2.13. The molecule has 0 aliphatic carbocycles. The van der Waals surface area contributed by atoms with Crippen molar-refractivity contribution in [3.8, 4) is 0 Å². The first kappa shape index (κ1) is 17.2. The zero-order valence-electron chi connectivity index (χ0n) is 13.2. The molecule has 20 heavy (non-hydrogen) atoms. The van der Waals surface area contributed by atoms with Crippen molar-refractivity contribution in [1.29, 1.82) is 0 Å². The minimum atomic E-state index is -2.95. The summed E-state index contributed by atoms with van der Waals surface area (Å²) >= 11 is 0. The van der Waals surface area contributed by atoms with E-state index in [9.17, 15) is 8.42 Å². The molecule has 0 aliphatic rings. The van der Waals surface area contributed by atoms with Crippen LogP contribution in [-0.4, -0.2) is 35.7 Å². The van der Waals surface area contributed by atoms with E-state index in [1.165, 1.54) is 5.56 Å². The minimum Gasteiger partial charge on any atom is -0.310 e. The molecule has 1 rings (SSSR count). The molecule has 1 N–H and O–H groups in total. The van der Waals surface area contributed by atoms with Crippen LogP contribution in [-0.2, 0) is 22.9 Å². The molecule has 0 atom stereocenters. The van der Waals surface area contributed by atoms with Crippen LogP contribution in [0.3, 0.4) is 0 Å². The largest absolute Gasteiger partial charge is 0.310 e. The van der Waals surface area contributed by atoms with E-state index in [0.29, 0.717) is 19.0 Å². The van der Waals surface area contributed by atoms with E-state index in [4.69, 9.17) is 0 Å². The van der Waals surface area contributed by atoms with Gasteiger partial charge in [0.15, 0.2) is 9.84 Å². The Morgan fingerprint density at radius 1 is 1.25 bits per heavy atom. The minimum absolute atomic E-state index is 0.167. The molecule has 0 spiro atoms. The van der Waals surface area contributed by atoms with E-state index in [2.05, 4.69) is 24.3 Å². The fourth-order valence-corrected chi connectivity index (χ4v) is 3.43. The van der Waals surface area contributed by atoms with Crippen LogP contribution in [0.15, 0.2) is 0 Å². The first-order chi connectivity index (χ1) is 9.26. The average Bonchev–Trinajstić information content (AvgIpc) is 2.59. The van der Waals surface area contributed by atoms with Gasteiger partial charge in [0.05, 0.1) is 18.0 Å². The summed E-state index contributed by atoms with van der Waals surface area (Å²) in [6.45, 7) is 11.3. The highest BCUT2D eigenvalue weighted by Gasteiger charge is 2.14. The third-order valence-electron chi connectivity index (χ3n) is 3.35. The quantitative estimate of drug-likeness (QED) is 0.795. The summed E-state index contributed by atoms with van der Waals surface area (Å²) in [5, 5.41) is 7.84. The van der Waals surface area contributed by atoms with Crippen LogP contribution in [0.25, 0.3) is 0 Å². The van der Waals surface area contributed by atoms with Gasteiger partial charge in [0.25, 0.3) is 0 Å². The molecular formula is C14H27N3O2S. The summed E-state index contributed by atoms with van der Waals surface area (Å²) in [5.74, 6) is 0.425. The summed E-state index contributed by atoms with van der Waals surface area (Å²) in [6, 6.07) is 0.419. The lowest BCUT2D eigenvalue weighted by atomic mass is 10.2. The van der Waals surface area contributed by atoms with Gasteiger partial charge in [0, 0.05) is 29.6 Å². The van der Waals surface area contributed by atoms with E-state index in [1.54, 1.807) is 0 Å². The van der Waals surface area contributed by atoms with Crippen molar-refractivity contribution in [2.24, 2.45) is 0 Å². The van der Waals surface area contributed by atoms with Gasteiger partial charge in [0.2, 0.25) is 0 Å². The van der Waals surface area contributed by atoms with Crippen LogP contribution in [0.5, 0.6) is 0 Å². The van der Waals surface area contributed by atoms with Gasteiger partial charge in [-0.2, -0.15) is 5.10 Å². The summed E-state index contributed by atoms with van der Waals surface area (Å²) in [6.07, 6.45) is 0.670.